The molecule has 0 unspecified atom stereocenters. The van der Waals surface area contributed by atoms with E-state index in [1.165, 1.54) is 22.3 Å². The van der Waals surface area contributed by atoms with Crippen molar-refractivity contribution >= 4 is 21.7 Å². The van der Waals surface area contributed by atoms with Gasteiger partial charge in [0.15, 0.2) is 0 Å². The number of aryl methyl sites for hydroxylation is 2. The van der Waals surface area contributed by atoms with Gasteiger partial charge in [-0.05, 0) is 88.2 Å². The normalized spacial score (nSPS) is 18.0. The van der Waals surface area contributed by atoms with E-state index in [1.54, 1.807) is 6.08 Å². The quantitative estimate of drug-likeness (QED) is 0.706. The SMILES string of the molecule is CCC[C@](C)(/C=C/S(=O)(=O)NC(=O)Nc1c2c(cc3c1CCC3)CCC2)N(C)C. The Hall–Kier alpha value is -1.86. The molecule has 2 amide bonds. The van der Waals surface area contributed by atoms with E-state index in [2.05, 4.69) is 23.0 Å². The van der Waals surface area contributed by atoms with Crippen LogP contribution < -0.4 is 10.0 Å². The fraction of sp³-hybridized carbons (Fsp3) is 0.591. The van der Waals surface area contributed by atoms with Crippen LogP contribution in [0.2, 0.25) is 0 Å². The minimum Gasteiger partial charge on any atom is -0.307 e. The van der Waals surface area contributed by atoms with Gasteiger partial charge in [0.1, 0.15) is 0 Å². The van der Waals surface area contributed by atoms with Gasteiger partial charge < -0.3 is 10.2 Å². The van der Waals surface area contributed by atoms with Gasteiger partial charge in [-0.3, -0.25) is 0 Å². The summed E-state index contributed by atoms with van der Waals surface area (Å²) >= 11 is 0. The van der Waals surface area contributed by atoms with Gasteiger partial charge in [0.2, 0.25) is 0 Å². The van der Waals surface area contributed by atoms with Crippen molar-refractivity contribution in [3.8, 4) is 0 Å². The Bertz CT molecular complexity index is 889. The van der Waals surface area contributed by atoms with Crippen LogP contribution >= 0.6 is 0 Å². The lowest BCUT2D eigenvalue weighted by Crippen LogP contribution is -2.40. The number of nitrogens with one attached hydrogen (secondary N) is 2. The number of hydrogen-bond acceptors (Lipinski definition) is 4. The van der Waals surface area contributed by atoms with Crippen molar-refractivity contribution in [2.75, 3.05) is 19.4 Å². The standard InChI is InChI=1S/C22H33N3O3S/c1-5-12-22(2,25(3)4)13-14-29(27,28)24-21(26)23-20-18-10-6-8-16(18)15-17-9-7-11-19(17)20/h13-15H,5-12H2,1-4H3,(H2,23,24,26)/b14-13+/t22-/m1/s1. The molecular formula is C22H33N3O3S. The van der Waals surface area contributed by atoms with Gasteiger partial charge in [0.05, 0.1) is 0 Å². The zero-order valence-corrected chi connectivity index (χ0v) is 18.8. The van der Waals surface area contributed by atoms with E-state index in [4.69, 9.17) is 0 Å². The van der Waals surface area contributed by atoms with Crippen LogP contribution in [0.3, 0.4) is 0 Å². The van der Waals surface area contributed by atoms with Crippen LogP contribution in [-0.4, -0.2) is 39.0 Å². The van der Waals surface area contributed by atoms with Crippen molar-refractivity contribution in [3.05, 3.63) is 39.8 Å². The molecule has 29 heavy (non-hydrogen) atoms. The average molecular weight is 420 g/mol. The summed E-state index contributed by atoms with van der Waals surface area (Å²) in [7, 11) is -0.0434. The van der Waals surface area contributed by atoms with Crippen LogP contribution in [0.5, 0.6) is 0 Å². The Morgan fingerprint density at radius 3 is 2.24 bits per heavy atom. The highest BCUT2D eigenvalue weighted by Crippen LogP contribution is 2.38. The van der Waals surface area contributed by atoms with E-state index < -0.39 is 16.1 Å². The first kappa shape index (κ1) is 21.8. The molecule has 6 nitrogen and oxygen atoms in total. The number of rotatable bonds is 7. The Morgan fingerprint density at radius 1 is 1.14 bits per heavy atom. The lowest BCUT2D eigenvalue weighted by molar-refractivity contribution is 0.214. The fourth-order valence-corrected chi connectivity index (χ4v) is 5.32. The maximum absolute atomic E-state index is 12.6. The van der Waals surface area contributed by atoms with Gasteiger partial charge >= 0.3 is 6.03 Å². The third-order valence-corrected chi connectivity index (χ3v) is 7.29. The number of carbonyl (C=O) groups excluding carboxylic acids is 1. The average Bonchev–Trinajstić information content (AvgIpc) is 3.28. The van der Waals surface area contributed by atoms with E-state index in [9.17, 15) is 13.2 Å². The topological polar surface area (TPSA) is 78.5 Å². The van der Waals surface area contributed by atoms with E-state index in [0.717, 1.165) is 62.5 Å². The molecule has 0 saturated heterocycles. The summed E-state index contributed by atoms with van der Waals surface area (Å²) in [6.45, 7) is 4.05. The number of likely N-dealkylation sites (N-methyl/N-ethyl adjacent to an activating group) is 1. The molecule has 1 aromatic carbocycles. The van der Waals surface area contributed by atoms with Crippen LogP contribution in [0.1, 0.15) is 61.8 Å². The lowest BCUT2D eigenvalue weighted by Gasteiger charge is -2.33. The first-order valence-electron chi connectivity index (χ1n) is 10.5. The van der Waals surface area contributed by atoms with E-state index in [1.807, 2.05) is 25.9 Å². The second-order valence-electron chi connectivity index (χ2n) is 8.64. The summed E-state index contributed by atoms with van der Waals surface area (Å²) in [5.41, 5.74) is 5.40. The number of sulfonamides is 1. The first-order valence-corrected chi connectivity index (χ1v) is 12.1. The molecule has 2 N–H and O–H groups in total. The number of carbonyl (C=O) groups is 1. The summed E-state index contributed by atoms with van der Waals surface area (Å²) in [6.07, 6.45) is 9.49. The van der Waals surface area contributed by atoms with Gasteiger partial charge in [-0.2, -0.15) is 0 Å². The largest absolute Gasteiger partial charge is 0.333 e. The molecule has 0 aromatic heterocycles. The molecule has 0 bridgehead atoms. The van der Waals surface area contributed by atoms with E-state index >= 15 is 0 Å². The zero-order chi connectivity index (χ0) is 21.2. The zero-order valence-electron chi connectivity index (χ0n) is 18.0. The second-order valence-corrected chi connectivity index (χ2v) is 10.2. The number of hydrogen-bond donors (Lipinski definition) is 2. The minimum atomic E-state index is -3.88. The van der Waals surface area contributed by atoms with Gasteiger partial charge in [0, 0.05) is 16.6 Å². The number of fused-ring (bicyclic) bond motifs is 2. The molecule has 0 aliphatic heterocycles. The molecule has 160 valence electrons. The molecule has 0 radical (unpaired) electrons. The molecule has 2 aliphatic rings. The van der Waals surface area contributed by atoms with Gasteiger partial charge in [-0.25, -0.2) is 17.9 Å². The van der Waals surface area contributed by atoms with Crippen molar-refractivity contribution < 1.29 is 13.2 Å². The summed E-state index contributed by atoms with van der Waals surface area (Å²) in [5.74, 6) is 0. The summed E-state index contributed by atoms with van der Waals surface area (Å²) in [4.78, 5) is 14.6. The van der Waals surface area contributed by atoms with Gasteiger partial charge in [0.25, 0.3) is 10.0 Å². The molecule has 0 spiro atoms. The predicted molar refractivity (Wildman–Crippen MR) is 118 cm³/mol. The van der Waals surface area contributed by atoms with Gasteiger partial charge in [-0.1, -0.05) is 25.5 Å². The van der Waals surface area contributed by atoms with Crippen LogP contribution in [0.25, 0.3) is 0 Å². The molecule has 2 aliphatic carbocycles. The van der Waals surface area contributed by atoms with E-state index in [-0.39, 0.29) is 5.54 Å². The summed E-state index contributed by atoms with van der Waals surface area (Å²) < 4.78 is 27.1. The molecular weight excluding hydrogens is 386 g/mol. The lowest BCUT2D eigenvalue weighted by atomic mass is 9.95. The maximum Gasteiger partial charge on any atom is 0.333 e. The van der Waals surface area contributed by atoms with E-state index in [0.29, 0.717) is 0 Å². The van der Waals surface area contributed by atoms with Gasteiger partial charge in [-0.15, -0.1) is 0 Å². The number of amides is 2. The van der Waals surface area contributed by atoms with Crippen LogP contribution in [0.4, 0.5) is 10.5 Å². The number of urea groups is 1. The molecule has 1 atom stereocenters. The molecule has 0 saturated carbocycles. The summed E-state index contributed by atoms with van der Waals surface area (Å²) in [5, 5.41) is 3.98. The fourth-order valence-electron chi connectivity index (χ4n) is 4.47. The van der Waals surface area contributed by atoms with Crippen molar-refractivity contribution in [2.24, 2.45) is 0 Å². The van der Waals surface area contributed by atoms with Crippen LogP contribution in [0, 0.1) is 0 Å². The van der Waals surface area contributed by atoms with Crippen molar-refractivity contribution in [1.29, 1.82) is 0 Å². The third-order valence-electron chi connectivity index (χ3n) is 6.33. The molecule has 0 heterocycles. The highest BCUT2D eigenvalue weighted by atomic mass is 32.2. The Morgan fingerprint density at radius 2 is 1.72 bits per heavy atom. The highest BCUT2D eigenvalue weighted by Gasteiger charge is 2.26. The number of nitrogens with zero attached hydrogens (tertiary/aromatic N) is 1. The third kappa shape index (κ3) is 4.83. The van der Waals surface area contributed by atoms with Crippen molar-refractivity contribution in [2.45, 2.75) is 70.8 Å². The molecule has 1 aromatic rings. The Balaban J connectivity index is 1.75. The molecule has 7 heteroatoms. The number of benzene rings is 1. The first-order chi connectivity index (χ1) is 13.6. The minimum absolute atomic E-state index is 0.388. The Kier molecular flexibility index (Phi) is 6.39. The smallest absolute Gasteiger partial charge is 0.307 e. The molecule has 0 fully saturated rings. The maximum atomic E-state index is 12.6. The van der Waals surface area contributed by atoms with Crippen LogP contribution in [0.15, 0.2) is 17.6 Å². The van der Waals surface area contributed by atoms with Crippen molar-refractivity contribution in [3.63, 3.8) is 0 Å². The number of anilines is 1. The van der Waals surface area contributed by atoms with Crippen molar-refractivity contribution in [1.82, 2.24) is 9.62 Å². The second kappa shape index (κ2) is 8.48. The monoisotopic (exact) mass is 419 g/mol. The molecule has 3 rings (SSSR count). The highest BCUT2D eigenvalue weighted by molar-refractivity contribution is 7.92. The Labute approximate surface area is 174 Å². The predicted octanol–water partition coefficient (Wildman–Crippen LogP) is 3.75. The van der Waals surface area contributed by atoms with Crippen LogP contribution in [-0.2, 0) is 35.7 Å². The summed E-state index contributed by atoms with van der Waals surface area (Å²) in [6, 6.07) is 1.59.